The summed E-state index contributed by atoms with van der Waals surface area (Å²) in [6.07, 6.45) is 0. The number of carbonyl (C=O) groups excluding carboxylic acids is 1. The summed E-state index contributed by atoms with van der Waals surface area (Å²) < 4.78 is 7.40. The molecular weight excluding hydrogens is 314 g/mol. The number of quaternary nitrogens is 1. The second-order valence-corrected chi connectivity index (χ2v) is 6.88. The van der Waals surface area contributed by atoms with Crippen molar-refractivity contribution in [2.24, 2.45) is 7.05 Å². The quantitative estimate of drug-likeness (QED) is 0.831. The van der Waals surface area contributed by atoms with Crippen LogP contribution in [-0.4, -0.2) is 50.2 Å². The molecule has 0 radical (unpaired) electrons. The van der Waals surface area contributed by atoms with Gasteiger partial charge in [0, 0.05) is 35.8 Å². The molecule has 1 fully saturated rings. The number of aromatic nitrogens is 1. The van der Waals surface area contributed by atoms with Crippen molar-refractivity contribution < 1.29 is 14.4 Å². The minimum Gasteiger partial charge on any atom is -0.497 e. The molecule has 25 heavy (non-hydrogen) atoms. The van der Waals surface area contributed by atoms with Crippen LogP contribution in [0.4, 0.5) is 5.69 Å². The summed E-state index contributed by atoms with van der Waals surface area (Å²) in [6.45, 7) is 8.53. The van der Waals surface area contributed by atoms with E-state index < -0.39 is 0 Å². The topological polar surface area (TPSA) is 38.9 Å². The van der Waals surface area contributed by atoms with E-state index in [1.165, 1.54) is 10.6 Å². The summed E-state index contributed by atoms with van der Waals surface area (Å²) in [4.78, 5) is 16.4. The van der Waals surface area contributed by atoms with Gasteiger partial charge in [-0.1, -0.05) is 6.07 Å². The van der Waals surface area contributed by atoms with Crippen LogP contribution in [0.2, 0.25) is 0 Å². The molecule has 1 aliphatic heterocycles. The number of carbonyl (C=O) groups is 1. The number of nitrogens with one attached hydrogen (secondary N) is 1. The minimum absolute atomic E-state index is 0.256. The molecule has 0 amide bonds. The third kappa shape index (κ3) is 3.71. The number of rotatable bonds is 5. The highest BCUT2D eigenvalue weighted by Crippen LogP contribution is 2.20. The molecule has 1 aromatic heterocycles. The number of methoxy groups -OCH3 is 1. The first-order valence-electron chi connectivity index (χ1n) is 8.88. The maximum Gasteiger partial charge on any atom is 0.218 e. The van der Waals surface area contributed by atoms with E-state index in [1.807, 2.05) is 39.1 Å². The number of Topliss-reactive ketones (excluding diaryl/α,β-unsaturated/α-hetero) is 1. The highest BCUT2D eigenvalue weighted by Gasteiger charge is 2.24. The summed E-state index contributed by atoms with van der Waals surface area (Å²) in [5, 5.41) is 0. The Hall–Kier alpha value is -2.27. The predicted octanol–water partition coefficient (Wildman–Crippen LogP) is 1.24. The molecule has 5 heteroatoms. The van der Waals surface area contributed by atoms with Gasteiger partial charge in [-0.05, 0) is 32.0 Å². The number of ketones is 1. The van der Waals surface area contributed by atoms with E-state index in [0.717, 1.165) is 48.9 Å². The largest absolute Gasteiger partial charge is 0.497 e. The van der Waals surface area contributed by atoms with E-state index in [-0.39, 0.29) is 5.78 Å². The van der Waals surface area contributed by atoms with Gasteiger partial charge in [-0.25, -0.2) is 0 Å². The van der Waals surface area contributed by atoms with Gasteiger partial charge >= 0.3 is 0 Å². The van der Waals surface area contributed by atoms with Gasteiger partial charge in [-0.15, -0.1) is 0 Å². The van der Waals surface area contributed by atoms with Crippen LogP contribution in [-0.2, 0) is 7.05 Å². The second kappa shape index (κ2) is 7.31. The maximum atomic E-state index is 12.7. The zero-order chi connectivity index (χ0) is 18.0. The fourth-order valence-corrected chi connectivity index (χ4v) is 3.53. The van der Waals surface area contributed by atoms with E-state index in [1.54, 1.807) is 7.11 Å². The molecule has 0 aliphatic carbocycles. The predicted molar refractivity (Wildman–Crippen MR) is 100.0 cm³/mol. The molecule has 1 aliphatic rings. The Labute approximate surface area is 149 Å². The van der Waals surface area contributed by atoms with Crippen LogP contribution in [0, 0.1) is 13.8 Å². The Balaban J connectivity index is 1.59. The zero-order valence-corrected chi connectivity index (χ0v) is 15.6. The van der Waals surface area contributed by atoms with E-state index in [9.17, 15) is 4.79 Å². The van der Waals surface area contributed by atoms with Crippen molar-refractivity contribution in [3.05, 3.63) is 47.3 Å². The van der Waals surface area contributed by atoms with Crippen LogP contribution >= 0.6 is 0 Å². The lowest BCUT2D eigenvalue weighted by Gasteiger charge is -2.33. The molecule has 3 rings (SSSR count). The number of hydrogen-bond acceptors (Lipinski definition) is 3. The fourth-order valence-electron chi connectivity index (χ4n) is 3.53. The molecule has 0 atom stereocenters. The summed E-state index contributed by atoms with van der Waals surface area (Å²) in [6, 6.07) is 10.2. The van der Waals surface area contributed by atoms with Crippen molar-refractivity contribution in [1.29, 1.82) is 0 Å². The van der Waals surface area contributed by atoms with E-state index in [0.29, 0.717) is 6.54 Å². The lowest BCUT2D eigenvalue weighted by atomic mass is 10.1. The molecule has 0 saturated carbocycles. The SMILES string of the molecule is COc1cccc(N2CC[NH+](CC(=O)c3cc(C)n(C)c3C)CC2)c1. The molecule has 1 saturated heterocycles. The lowest BCUT2D eigenvalue weighted by Crippen LogP contribution is -3.15. The standard InChI is InChI=1S/C20H27N3O2/c1-15-12-19(16(2)21(15)3)20(24)14-22-8-10-23(11-9-22)17-6-5-7-18(13-17)25-4/h5-7,12-13H,8-11,14H2,1-4H3/p+1. The van der Waals surface area contributed by atoms with Crippen LogP contribution in [0.15, 0.2) is 30.3 Å². The molecule has 1 N–H and O–H groups in total. The Morgan fingerprint density at radius 3 is 2.52 bits per heavy atom. The Kier molecular flexibility index (Phi) is 5.13. The number of ether oxygens (including phenoxy) is 1. The monoisotopic (exact) mass is 342 g/mol. The average molecular weight is 342 g/mol. The number of piperazine rings is 1. The molecule has 134 valence electrons. The van der Waals surface area contributed by atoms with Crippen LogP contribution in [0.5, 0.6) is 5.75 Å². The number of benzene rings is 1. The van der Waals surface area contributed by atoms with Crippen LogP contribution in [0.1, 0.15) is 21.7 Å². The van der Waals surface area contributed by atoms with Crippen LogP contribution in [0.3, 0.4) is 0 Å². The normalized spacial score (nSPS) is 15.4. The number of nitrogens with zero attached hydrogens (tertiary/aromatic N) is 2. The minimum atomic E-state index is 0.256. The third-order valence-electron chi connectivity index (χ3n) is 5.38. The first kappa shape index (κ1) is 17.5. The number of anilines is 1. The van der Waals surface area contributed by atoms with Gasteiger partial charge in [0.15, 0.2) is 0 Å². The lowest BCUT2D eigenvalue weighted by molar-refractivity contribution is -0.892. The van der Waals surface area contributed by atoms with Gasteiger partial charge < -0.3 is 19.1 Å². The van der Waals surface area contributed by atoms with Gasteiger partial charge in [-0.2, -0.15) is 0 Å². The van der Waals surface area contributed by atoms with Gasteiger partial charge in [-0.3, -0.25) is 4.79 Å². The van der Waals surface area contributed by atoms with Gasteiger partial charge in [0.25, 0.3) is 0 Å². The molecule has 2 aromatic rings. The van der Waals surface area contributed by atoms with E-state index in [2.05, 4.69) is 21.6 Å². The van der Waals surface area contributed by atoms with Crippen molar-refractivity contribution in [2.75, 3.05) is 44.7 Å². The first-order valence-corrected chi connectivity index (χ1v) is 8.88. The van der Waals surface area contributed by atoms with Gasteiger partial charge in [0.05, 0.1) is 33.3 Å². The molecule has 5 nitrogen and oxygen atoms in total. The van der Waals surface area contributed by atoms with Crippen molar-refractivity contribution in [3.63, 3.8) is 0 Å². The summed E-state index contributed by atoms with van der Waals surface area (Å²) >= 11 is 0. The number of aryl methyl sites for hydroxylation is 1. The Bertz CT molecular complexity index is 758. The molecule has 0 bridgehead atoms. The Morgan fingerprint density at radius 1 is 1.20 bits per heavy atom. The van der Waals surface area contributed by atoms with Crippen molar-refractivity contribution >= 4 is 11.5 Å². The molecular formula is C20H28N3O2+. The smallest absolute Gasteiger partial charge is 0.218 e. The molecule has 2 heterocycles. The van der Waals surface area contributed by atoms with E-state index in [4.69, 9.17) is 4.74 Å². The van der Waals surface area contributed by atoms with Crippen LogP contribution < -0.4 is 14.5 Å². The van der Waals surface area contributed by atoms with Crippen molar-refractivity contribution in [3.8, 4) is 5.75 Å². The number of hydrogen-bond donors (Lipinski definition) is 1. The third-order valence-corrected chi connectivity index (χ3v) is 5.38. The second-order valence-electron chi connectivity index (χ2n) is 6.88. The van der Waals surface area contributed by atoms with Gasteiger partial charge in [0.2, 0.25) is 5.78 Å². The summed E-state index contributed by atoms with van der Waals surface area (Å²) in [5.41, 5.74) is 4.28. The van der Waals surface area contributed by atoms with Crippen molar-refractivity contribution in [2.45, 2.75) is 13.8 Å². The average Bonchev–Trinajstić information content (AvgIpc) is 2.90. The van der Waals surface area contributed by atoms with E-state index >= 15 is 0 Å². The molecule has 0 unspecified atom stereocenters. The van der Waals surface area contributed by atoms with Crippen LogP contribution in [0.25, 0.3) is 0 Å². The highest BCUT2D eigenvalue weighted by atomic mass is 16.5. The fraction of sp³-hybridized carbons (Fsp3) is 0.450. The highest BCUT2D eigenvalue weighted by molar-refractivity contribution is 5.98. The zero-order valence-electron chi connectivity index (χ0n) is 15.6. The summed E-state index contributed by atoms with van der Waals surface area (Å²) in [5.74, 6) is 1.14. The first-order chi connectivity index (χ1) is 12.0. The van der Waals surface area contributed by atoms with Crippen molar-refractivity contribution in [1.82, 2.24) is 4.57 Å². The van der Waals surface area contributed by atoms with Gasteiger partial charge in [0.1, 0.15) is 12.3 Å². The molecule has 0 spiro atoms. The summed E-state index contributed by atoms with van der Waals surface area (Å²) in [7, 11) is 3.71. The maximum absolute atomic E-state index is 12.7. The molecule has 1 aromatic carbocycles. The Morgan fingerprint density at radius 2 is 1.92 bits per heavy atom.